The van der Waals surface area contributed by atoms with Crippen LogP contribution < -0.4 is 4.74 Å². The fourth-order valence-electron chi connectivity index (χ4n) is 5.08. The molecule has 0 aliphatic rings. The maximum absolute atomic E-state index is 15.1. The number of ether oxygens (including phenoxy) is 1. The molecule has 0 spiro atoms. The highest BCUT2D eigenvalue weighted by molar-refractivity contribution is 6.30. The van der Waals surface area contributed by atoms with Crippen molar-refractivity contribution in [2.45, 2.75) is 38.7 Å². The van der Waals surface area contributed by atoms with Crippen molar-refractivity contribution in [3.63, 3.8) is 0 Å². The zero-order valence-corrected chi connectivity index (χ0v) is 24.7. The summed E-state index contributed by atoms with van der Waals surface area (Å²) in [5.74, 6) is -7.80. The highest BCUT2D eigenvalue weighted by Crippen LogP contribution is 2.39. The van der Waals surface area contributed by atoms with E-state index in [2.05, 4.69) is 11.7 Å². The van der Waals surface area contributed by atoms with Crippen LogP contribution in [0.1, 0.15) is 37.3 Å². The highest BCUT2D eigenvalue weighted by Gasteiger charge is 2.41. The molecule has 0 N–H and O–H groups in total. The van der Waals surface area contributed by atoms with Gasteiger partial charge in [-0.3, -0.25) is 0 Å². The SMILES string of the molecule is CCCCCc1ccc(-c2ccc(-c3cc(F)c(C(F)(F)Oc4cc(F)c(-c5ccc(Cl)cc5)c(F)c4)c(F)c3)c(F)c2)cc1. The molecule has 0 atom stereocenters. The quantitative estimate of drug-likeness (QED) is 0.109. The third-order valence-corrected chi connectivity index (χ3v) is 7.62. The monoisotopic (exact) mass is 642 g/mol. The van der Waals surface area contributed by atoms with Crippen molar-refractivity contribution in [3.8, 4) is 39.1 Å². The van der Waals surface area contributed by atoms with Crippen LogP contribution in [0.2, 0.25) is 5.02 Å². The second-order valence-electron chi connectivity index (χ2n) is 10.6. The maximum atomic E-state index is 15.1. The number of hydrogen-bond acceptors (Lipinski definition) is 1. The van der Waals surface area contributed by atoms with Gasteiger partial charge in [-0.15, -0.1) is 0 Å². The van der Waals surface area contributed by atoms with Gasteiger partial charge in [-0.05, 0) is 71.0 Å². The van der Waals surface area contributed by atoms with Gasteiger partial charge in [0.2, 0.25) is 0 Å². The molecule has 5 rings (SSSR count). The Hall–Kier alpha value is -4.30. The van der Waals surface area contributed by atoms with Crippen molar-refractivity contribution in [2.24, 2.45) is 0 Å². The highest BCUT2D eigenvalue weighted by atomic mass is 35.5. The largest absolute Gasteiger partial charge is 0.432 e. The normalized spacial score (nSPS) is 11.6. The molecular weight excluding hydrogens is 617 g/mol. The minimum Gasteiger partial charge on any atom is -0.429 e. The summed E-state index contributed by atoms with van der Waals surface area (Å²) in [4.78, 5) is 0. The zero-order chi connectivity index (χ0) is 32.3. The van der Waals surface area contributed by atoms with Crippen LogP contribution in [0, 0.1) is 29.1 Å². The van der Waals surface area contributed by atoms with Gasteiger partial charge in [0.1, 0.15) is 40.4 Å². The van der Waals surface area contributed by atoms with Gasteiger partial charge in [-0.25, -0.2) is 22.0 Å². The van der Waals surface area contributed by atoms with Crippen molar-refractivity contribution in [2.75, 3.05) is 0 Å². The van der Waals surface area contributed by atoms with Crippen molar-refractivity contribution in [3.05, 3.63) is 136 Å². The lowest BCUT2D eigenvalue weighted by Gasteiger charge is -2.20. The molecule has 45 heavy (non-hydrogen) atoms. The van der Waals surface area contributed by atoms with E-state index in [4.69, 9.17) is 11.6 Å². The second kappa shape index (κ2) is 13.4. The standard InChI is InChI=1S/C36H26ClF7O/c1-2-3-4-5-21-6-8-22(9-7-21)24-12-15-28(29(38)16-24)25-17-32(41)35(33(42)18-25)36(43,44)45-27-19-30(39)34(31(40)20-27)23-10-13-26(37)14-11-23/h6-20H,2-5H2,1H3. The molecule has 0 aliphatic heterocycles. The van der Waals surface area contributed by atoms with Crippen molar-refractivity contribution >= 4 is 11.6 Å². The van der Waals surface area contributed by atoms with E-state index in [-0.39, 0.29) is 16.7 Å². The number of hydrogen-bond donors (Lipinski definition) is 0. The molecule has 0 unspecified atom stereocenters. The molecule has 232 valence electrons. The number of benzene rings is 5. The lowest BCUT2D eigenvalue weighted by molar-refractivity contribution is -0.189. The molecular formula is C36H26ClF7O. The summed E-state index contributed by atoms with van der Waals surface area (Å²) in [6.07, 6.45) is -0.444. The minimum absolute atomic E-state index is 0.0800. The summed E-state index contributed by atoms with van der Waals surface area (Å²) in [7, 11) is 0. The molecule has 9 heteroatoms. The number of halogens is 8. The van der Waals surface area contributed by atoms with E-state index in [1.807, 2.05) is 24.3 Å². The van der Waals surface area contributed by atoms with Gasteiger partial charge in [0, 0.05) is 22.7 Å². The molecule has 0 bridgehead atoms. The van der Waals surface area contributed by atoms with Gasteiger partial charge in [-0.1, -0.05) is 79.9 Å². The summed E-state index contributed by atoms with van der Waals surface area (Å²) in [6.45, 7) is 2.12. The fraction of sp³-hybridized carbons (Fsp3) is 0.167. The van der Waals surface area contributed by atoms with Crippen LogP contribution in [0.25, 0.3) is 33.4 Å². The van der Waals surface area contributed by atoms with Crippen LogP contribution in [-0.2, 0) is 12.5 Å². The maximum Gasteiger partial charge on any atom is 0.432 e. The molecule has 0 amide bonds. The summed E-state index contributed by atoms with van der Waals surface area (Å²) in [5, 5.41) is 0.313. The van der Waals surface area contributed by atoms with Gasteiger partial charge in [0.05, 0.1) is 5.56 Å². The van der Waals surface area contributed by atoms with E-state index in [0.717, 1.165) is 36.8 Å². The molecule has 0 fully saturated rings. The van der Waals surface area contributed by atoms with Crippen molar-refractivity contribution in [1.29, 1.82) is 0 Å². The number of aryl methyl sites for hydroxylation is 1. The molecule has 0 radical (unpaired) electrons. The Morgan fingerprint density at radius 2 is 1.16 bits per heavy atom. The first kappa shape index (κ1) is 32.1. The van der Waals surface area contributed by atoms with Crippen LogP contribution in [0.3, 0.4) is 0 Å². The van der Waals surface area contributed by atoms with Crippen LogP contribution >= 0.6 is 11.6 Å². The van der Waals surface area contributed by atoms with Gasteiger partial charge in [-0.2, -0.15) is 8.78 Å². The van der Waals surface area contributed by atoms with E-state index in [1.165, 1.54) is 36.4 Å². The summed E-state index contributed by atoms with van der Waals surface area (Å²) >= 11 is 5.79. The van der Waals surface area contributed by atoms with E-state index in [1.54, 1.807) is 6.07 Å². The Balaban J connectivity index is 1.37. The smallest absolute Gasteiger partial charge is 0.429 e. The molecule has 0 heterocycles. The van der Waals surface area contributed by atoms with Gasteiger partial charge < -0.3 is 4.74 Å². The third kappa shape index (κ3) is 7.17. The van der Waals surface area contributed by atoms with E-state index >= 15 is 22.0 Å². The topological polar surface area (TPSA) is 9.23 Å². The summed E-state index contributed by atoms with van der Waals surface area (Å²) in [6, 6.07) is 19.1. The van der Waals surface area contributed by atoms with E-state index < -0.39 is 52.1 Å². The Labute approximate surface area is 260 Å². The molecule has 5 aromatic carbocycles. The first-order valence-electron chi connectivity index (χ1n) is 14.2. The van der Waals surface area contributed by atoms with Crippen LogP contribution in [0.5, 0.6) is 5.75 Å². The summed E-state index contributed by atoms with van der Waals surface area (Å²) < 4.78 is 109. The third-order valence-electron chi connectivity index (χ3n) is 7.36. The number of rotatable bonds is 10. The van der Waals surface area contributed by atoms with Gasteiger partial charge in [0.25, 0.3) is 0 Å². The zero-order valence-electron chi connectivity index (χ0n) is 23.9. The predicted molar refractivity (Wildman–Crippen MR) is 162 cm³/mol. The summed E-state index contributed by atoms with van der Waals surface area (Å²) in [5.41, 5.74) is -0.387. The predicted octanol–water partition coefficient (Wildman–Crippen LogP) is 11.9. The minimum atomic E-state index is -4.68. The molecule has 0 aromatic heterocycles. The van der Waals surface area contributed by atoms with E-state index in [0.29, 0.717) is 34.9 Å². The average Bonchev–Trinajstić information content (AvgIpc) is 2.97. The van der Waals surface area contributed by atoms with E-state index in [9.17, 15) is 8.78 Å². The average molecular weight is 643 g/mol. The Kier molecular flexibility index (Phi) is 9.53. The lowest BCUT2D eigenvalue weighted by Crippen LogP contribution is -2.25. The molecule has 5 aromatic rings. The first-order valence-corrected chi connectivity index (χ1v) is 14.5. The van der Waals surface area contributed by atoms with Gasteiger partial charge in [0.15, 0.2) is 0 Å². The van der Waals surface area contributed by atoms with Gasteiger partial charge >= 0.3 is 6.11 Å². The molecule has 1 nitrogen and oxygen atoms in total. The molecule has 0 saturated carbocycles. The number of unbranched alkanes of at least 4 members (excludes halogenated alkanes) is 2. The van der Waals surface area contributed by atoms with Crippen molar-refractivity contribution in [1.82, 2.24) is 0 Å². The second-order valence-corrected chi connectivity index (χ2v) is 11.0. The number of alkyl halides is 2. The fourth-order valence-corrected chi connectivity index (χ4v) is 5.20. The van der Waals surface area contributed by atoms with Crippen LogP contribution in [0.4, 0.5) is 30.7 Å². The Morgan fingerprint density at radius 1 is 0.600 bits per heavy atom. The van der Waals surface area contributed by atoms with Crippen molar-refractivity contribution < 1.29 is 35.5 Å². The lowest BCUT2D eigenvalue weighted by atomic mass is 9.97. The van der Waals surface area contributed by atoms with Crippen LogP contribution in [-0.4, -0.2) is 0 Å². The van der Waals surface area contributed by atoms with Crippen LogP contribution in [0.15, 0.2) is 91.0 Å². The Morgan fingerprint density at radius 3 is 1.73 bits per heavy atom. The molecule has 0 saturated heterocycles. The molecule has 0 aliphatic carbocycles. The first-order chi connectivity index (χ1) is 21.5. The Bertz CT molecular complexity index is 1770.